The second-order valence-corrected chi connectivity index (χ2v) is 11.0. The lowest BCUT2D eigenvalue weighted by molar-refractivity contribution is -0.905. The maximum atomic E-state index is 12.9. The van der Waals surface area contributed by atoms with Crippen LogP contribution in [0.1, 0.15) is 0 Å². The van der Waals surface area contributed by atoms with Crippen LogP contribution in [0.15, 0.2) is 30.3 Å². The summed E-state index contributed by atoms with van der Waals surface area (Å²) in [5, 5.41) is 18.2. The van der Waals surface area contributed by atoms with Crippen LogP contribution in [0.3, 0.4) is 0 Å². The number of hydrogen-bond donors (Lipinski definition) is 3. The highest BCUT2D eigenvalue weighted by Crippen LogP contribution is 2.36. The first kappa shape index (κ1) is 31.1. The van der Waals surface area contributed by atoms with Crippen molar-refractivity contribution in [2.75, 3.05) is 104 Å². The van der Waals surface area contributed by atoms with Gasteiger partial charge in [-0.3, -0.25) is 19.4 Å². The molecule has 2 aliphatic heterocycles. The van der Waals surface area contributed by atoms with Crippen LogP contribution in [0, 0.1) is 0 Å². The van der Waals surface area contributed by atoms with Crippen LogP contribution < -0.4 is 35.4 Å². The normalized spacial score (nSPS) is 19.4. The fraction of sp³-hybridized carbons (Fsp3) is 0.538. The molecule has 0 aromatic heterocycles. The Morgan fingerprint density at radius 1 is 0.757 bits per heavy atom. The zero-order valence-corrected chi connectivity index (χ0v) is 23.8. The molecule has 0 bridgehead atoms. The zero-order valence-electron chi connectivity index (χ0n) is 22.3. The van der Waals surface area contributed by atoms with Gasteiger partial charge < -0.3 is 49.5 Å². The standard InChI is InChI=1S/C26H38N6O3.2ClH/c1-29-10-14-31(3,15-11-29)18-24(33)27-22-7-5-6-21-20(22)8-9-23(26(21)35)28-25(34)19-32(4)16-12-30(2)13-17-32;;/h5-9H,10-19H2,1-4H3,(H-2,27,28,33,34,35);2*1H. The van der Waals surface area contributed by atoms with Gasteiger partial charge in [0.15, 0.2) is 13.1 Å². The van der Waals surface area contributed by atoms with Gasteiger partial charge in [-0.2, -0.15) is 0 Å². The Bertz CT molecular complexity index is 1100. The molecule has 4 rings (SSSR count). The lowest BCUT2D eigenvalue weighted by Gasteiger charge is -2.40. The van der Waals surface area contributed by atoms with Crippen LogP contribution in [0.25, 0.3) is 10.8 Å². The number of amides is 2. The van der Waals surface area contributed by atoms with E-state index in [9.17, 15) is 14.7 Å². The Kier molecular flexibility index (Phi) is 10.6. The fourth-order valence-corrected chi connectivity index (χ4v) is 5.04. The van der Waals surface area contributed by atoms with Gasteiger partial charge in [0.1, 0.15) is 5.75 Å². The second kappa shape index (κ2) is 12.6. The Labute approximate surface area is 232 Å². The van der Waals surface area contributed by atoms with Crippen molar-refractivity contribution >= 4 is 34.0 Å². The number of halogens is 2. The molecule has 206 valence electrons. The molecule has 0 radical (unpaired) electrons. The van der Waals surface area contributed by atoms with Gasteiger partial charge in [-0.1, -0.05) is 12.1 Å². The minimum atomic E-state index is -0.111. The van der Waals surface area contributed by atoms with E-state index in [1.807, 2.05) is 18.2 Å². The van der Waals surface area contributed by atoms with E-state index in [1.54, 1.807) is 12.1 Å². The number of nitrogens with zero attached hydrogens (tertiary/aromatic N) is 4. The third-order valence-corrected chi connectivity index (χ3v) is 7.72. The highest BCUT2D eigenvalue weighted by molar-refractivity contribution is 6.07. The molecule has 37 heavy (non-hydrogen) atoms. The number of hydrogen-bond acceptors (Lipinski definition) is 5. The van der Waals surface area contributed by atoms with E-state index in [-0.39, 0.29) is 42.4 Å². The summed E-state index contributed by atoms with van der Waals surface area (Å²) >= 11 is 0. The number of quaternary nitrogens is 2. The summed E-state index contributed by atoms with van der Waals surface area (Å²) in [5.74, 6) is -0.128. The molecule has 0 saturated carbocycles. The number of likely N-dealkylation sites (N-methyl/N-ethyl adjacent to an activating group) is 4. The predicted molar refractivity (Wildman–Crippen MR) is 139 cm³/mol. The topological polar surface area (TPSA) is 84.9 Å². The molecule has 2 aromatic rings. The number of phenolic OH excluding ortho intramolecular Hbond substituents is 1. The average Bonchev–Trinajstić information content (AvgIpc) is 2.80. The van der Waals surface area contributed by atoms with Crippen LogP contribution in [0.2, 0.25) is 0 Å². The molecule has 0 aliphatic carbocycles. The van der Waals surface area contributed by atoms with Crippen molar-refractivity contribution in [1.29, 1.82) is 0 Å². The number of benzene rings is 2. The summed E-state index contributed by atoms with van der Waals surface area (Å²) in [7, 11) is 8.44. The summed E-state index contributed by atoms with van der Waals surface area (Å²) < 4.78 is 1.41. The van der Waals surface area contributed by atoms with Crippen molar-refractivity contribution in [3.05, 3.63) is 30.3 Å². The monoisotopic (exact) mass is 554 g/mol. The van der Waals surface area contributed by atoms with Gasteiger partial charge in [0.25, 0.3) is 11.8 Å². The van der Waals surface area contributed by atoms with E-state index in [0.29, 0.717) is 34.3 Å². The van der Waals surface area contributed by atoms with E-state index in [2.05, 4.69) is 48.6 Å². The number of rotatable bonds is 6. The van der Waals surface area contributed by atoms with Crippen molar-refractivity contribution in [1.82, 2.24) is 9.80 Å². The van der Waals surface area contributed by atoms with E-state index in [0.717, 1.165) is 62.2 Å². The summed E-state index contributed by atoms with van der Waals surface area (Å²) in [6.45, 7) is 8.41. The minimum Gasteiger partial charge on any atom is -1.00 e. The number of aromatic hydroxyl groups is 1. The summed E-state index contributed by atoms with van der Waals surface area (Å²) in [4.78, 5) is 30.2. The number of anilines is 2. The molecule has 0 spiro atoms. The van der Waals surface area contributed by atoms with E-state index < -0.39 is 0 Å². The summed E-state index contributed by atoms with van der Waals surface area (Å²) in [6.07, 6.45) is 0. The molecular weight excluding hydrogens is 515 g/mol. The first-order chi connectivity index (χ1) is 16.6. The fourth-order valence-electron chi connectivity index (χ4n) is 5.04. The maximum Gasteiger partial charge on any atom is 0.279 e. The van der Waals surface area contributed by atoms with E-state index in [1.165, 1.54) is 0 Å². The van der Waals surface area contributed by atoms with Crippen LogP contribution >= 0.6 is 0 Å². The predicted octanol–water partition coefficient (Wildman–Crippen LogP) is -4.79. The molecule has 0 atom stereocenters. The molecule has 9 nitrogen and oxygen atoms in total. The molecule has 2 heterocycles. The molecule has 2 aromatic carbocycles. The Morgan fingerprint density at radius 3 is 1.70 bits per heavy atom. The number of carbonyl (C=O) groups is 2. The van der Waals surface area contributed by atoms with Crippen molar-refractivity contribution < 1.29 is 48.5 Å². The summed E-state index contributed by atoms with van der Waals surface area (Å²) in [6, 6.07) is 9.02. The highest BCUT2D eigenvalue weighted by Gasteiger charge is 2.31. The lowest BCUT2D eigenvalue weighted by atomic mass is 10.1. The Balaban J connectivity index is 0.00000241. The zero-order chi connectivity index (χ0) is 25.2. The lowest BCUT2D eigenvalue weighted by Crippen LogP contribution is -3.00. The van der Waals surface area contributed by atoms with Crippen molar-refractivity contribution in [3.8, 4) is 5.75 Å². The van der Waals surface area contributed by atoms with E-state index in [4.69, 9.17) is 0 Å². The van der Waals surface area contributed by atoms with Crippen LogP contribution in [0.5, 0.6) is 5.75 Å². The molecule has 11 heteroatoms. The molecule has 3 N–H and O–H groups in total. The van der Waals surface area contributed by atoms with Gasteiger partial charge in [-0.15, -0.1) is 0 Å². The molecule has 2 amide bonds. The van der Waals surface area contributed by atoms with Crippen LogP contribution in [0.4, 0.5) is 11.4 Å². The second-order valence-electron chi connectivity index (χ2n) is 11.0. The van der Waals surface area contributed by atoms with Gasteiger partial charge in [0.2, 0.25) is 0 Å². The smallest absolute Gasteiger partial charge is 0.279 e. The quantitative estimate of drug-likeness (QED) is 0.246. The molecule has 2 saturated heterocycles. The van der Waals surface area contributed by atoms with Crippen molar-refractivity contribution in [2.45, 2.75) is 0 Å². The largest absolute Gasteiger partial charge is 1.00 e. The first-order valence-corrected chi connectivity index (χ1v) is 12.4. The minimum absolute atomic E-state index is 0. The van der Waals surface area contributed by atoms with Gasteiger partial charge in [-0.25, -0.2) is 0 Å². The number of carbonyl (C=O) groups excluding carboxylic acids is 2. The number of phenols is 1. The average molecular weight is 556 g/mol. The third-order valence-electron chi connectivity index (χ3n) is 7.72. The molecular formula is C26H40Cl2N6O3. The molecule has 2 fully saturated rings. The first-order valence-electron chi connectivity index (χ1n) is 12.4. The molecule has 2 aliphatic rings. The van der Waals surface area contributed by atoms with Crippen molar-refractivity contribution in [3.63, 3.8) is 0 Å². The van der Waals surface area contributed by atoms with E-state index >= 15 is 0 Å². The Morgan fingerprint density at radius 2 is 1.22 bits per heavy atom. The maximum absolute atomic E-state index is 12.9. The van der Waals surface area contributed by atoms with Gasteiger partial charge in [0, 0.05) is 42.6 Å². The Hall–Kier alpha value is -2.14. The van der Waals surface area contributed by atoms with Crippen molar-refractivity contribution in [2.24, 2.45) is 0 Å². The molecule has 0 unspecified atom stereocenters. The van der Waals surface area contributed by atoms with Gasteiger partial charge in [0.05, 0.1) is 46.0 Å². The van der Waals surface area contributed by atoms with Crippen LogP contribution in [-0.2, 0) is 9.59 Å². The van der Waals surface area contributed by atoms with Gasteiger partial charge in [-0.05, 0) is 32.3 Å². The SMILES string of the molecule is CN1CC[N+](C)(CC(=O)Nc2ccc3c(NC(=O)C[N+]4(C)CCN(C)CC4)cccc3c2O)CC1.[Cl-].[Cl-]. The van der Waals surface area contributed by atoms with Crippen LogP contribution in [-0.4, -0.2) is 129 Å². The number of piperazine rings is 2. The van der Waals surface area contributed by atoms with Gasteiger partial charge >= 0.3 is 0 Å². The number of nitrogens with one attached hydrogen (secondary N) is 2. The number of fused-ring (bicyclic) bond motifs is 1. The highest BCUT2D eigenvalue weighted by atomic mass is 35.5. The third kappa shape index (κ3) is 7.69. The summed E-state index contributed by atoms with van der Waals surface area (Å²) in [5.41, 5.74) is 1.05.